The summed E-state index contributed by atoms with van der Waals surface area (Å²) in [6.07, 6.45) is 0. The van der Waals surface area contributed by atoms with Crippen molar-refractivity contribution in [2.24, 2.45) is 0 Å². The van der Waals surface area contributed by atoms with Crippen molar-refractivity contribution in [3.05, 3.63) is 46.0 Å². The highest BCUT2D eigenvalue weighted by Gasteiger charge is 2.12. The lowest BCUT2D eigenvalue weighted by Crippen LogP contribution is -2.08. The molecular weight excluding hydrogens is 341 g/mol. The van der Waals surface area contributed by atoms with Crippen molar-refractivity contribution in [2.45, 2.75) is 6.54 Å². The second-order valence-corrected chi connectivity index (χ2v) is 5.40. The molecule has 3 rings (SSSR count). The Bertz CT molecular complexity index is 761. The maximum Gasteiger partial charge on any atom is 0.323 e. The monoisotopic (exact) mass is 351 g/mol. The predicted molar refractivity (Wildman–Crippen MR) is 79.8 cm³/mol. The minimum absolute atomic E-state index is 0.00932. The molecular formula is C14H10INO2. The number of rotatable bonds is 2. The van der Waals surface area contributed by atoms with Crippen molar-refractivity contribution in [2.75, 3.05) is 0 Å². The largest absolute Gasteiger partial charge is 0.480 e. The van der Waals surface area contributed by atoms with Crippen molar-refractivity contribution in [3.8, 4) is 0 Å². The maximum atomic E-state index is 11.0. The Morgan fingerprint density at radius 1 is 1.11 bits per heavy atom. The molecule has 1 aromatic heterocycles. The number of carboxylic acids is 1. The van der Waals surface area contributed by atoms with Gasteiger partial charge in [0.2, 0.25) is 0 Å². The molecule has 90 valence electrons. The van der Waals surface area contributed by atoms with Crippen LogP contribution < -0.4 is 0 Å². The normalized spacial score (nSPS) is 11.2. The first-order valence-electron chi connectivity index (χ1n) is 5.55. The van der Waals surface area contributed by atoms with Crippen LogP contribution in [0.15, 0.2) is 42.5 Å². The van der Waals surface area contributed by atoms with Crippen molar-refractivity contribution in [3.63, 3.8) is 0 Å². The highest BCUT2D eigenvalue weighted by Crippen LogP contribution is 2.29. The standard InChI is InChI=1S/C14H10INO2/c15-9-5-6-13-11(7-9)10-3-1-2-4-12(10)16(13)8-14(17)18/h1-7H,8H2,(H,17,18). The molecule has 0 aliphatic heterocycles. The summed E-state index contributed by atoms with van der Waals surface area (Å²) in [5, 5.41) is 11.3. The predicted octanol–water partition coefficient (Wildman–Crippen LogP) is 3.48. The molecule has 3 aromatic rings. The first-order chi connectivity index (χ1) is 8.66. The Labute approximate surface area is 117 Å². The maximum absolute atomic E-state index is 11.0. The number of aromatic nitrogens is 1. The third-order valence-corrected chi connectivity index (χ3v) is 3.70. The van der Waals surface area contributed by atoms with E-state index in [9.17, 15) is 4.79 Å². The van der Waals surface area contributed by atoms with Crippen molar-refractivity contribution in [1.82, 2.24) is 4.57 Å². The van der Waals surface area contributed by atoms with Crippen LogP contribution >= 0.6 is 22.6 Å². The number of aliphatic carboxylic acids is 1. The molecule has 0 saturated heterocycles. The van der Waals surface area contributed by atoms with E-state index in [1.54, 1.807) is 0 Å². The quantitative estimate of drug-likeness (QED) is 0.719. The van der Waals surface area contributed by atoms with E-state index in [0.29, 0.717) is 0 Å². The van der Waals surface area contributed by atoms with E-state index in [2.05, 4.69) is 28.7 Å². The lowest BCUT2D eigenvalue weighted by atomic mass is 10.2. The van der Waals surface area contributed by atoms with E-state index < -0.39 is 5.97 Å². The average Bonchev–Trinajstić information content (AvgIpc) is 2.64. The Hall–Kier alpha value is -1.56. The third-order valence-electron chi connectivity index (χ3n) is 3.03. The number of halogens is 1. The van der Waals surface area contributed by atoms with Gasteiger partial charge in [-0.3, -0.25) is 4.79 Å². The first kappa shape index (κ1) is 11.5. The highest BCUT2D eigenvalue weighted by molar-refractivity contribution is 14.1. The molecule has 0 radical (unpaired) electrons. The smallest absolute Gasteiger partial charge is 0.323 e. The molecule has 1 N–H and O–H groups in total. The van der Waals surface area contributed by atoms with Gasteiger partial charge < -0.3 is 9.67 Å². The van der Waals surface area contributed by atoms with E-state index in [0.717, 1.165) is 25.4 Å². The van der Waals surface area contributed by atoms with E-state index in [-0.39, 0.29) is 6.54 Å². The van der Waals surface area contributed by atoms with Gasteiger partial charge in [0.25, 0.3) is 0 Å². The highest BCUT2D eigenvalue weighted by atomic mass is 127. The van der Waals surface area contributed by atoms with Crippen LogP contribution in [0.5, 0.6) is 0 Å². The third kappa shape index (κ3) is 1.77. The van der Waals surface area contributed by atoms with Crippen LogP contribution in [0.25, 0.3) is 21.8 Å². The fourth-order valence-electron chi connectivity index (χ4n) is 2.33. The van der Waals surface area contributed by atoms with Crippen molar-refractivity contribution >= 4 is 50.4 Å². The summed E-state index contributed by atoms with van der Waals surface area (Å²) in [6, 6.07) is 14.0. The van der Waals surface area contributed by atoms with Gasteiger partial charge in [-0.2, -0.15) is 0 Å². The fraction of sp³-hybridized carbons (Fsp3) is 0.0714. The summed E-state index contributed by atoms with van der Waals surface area (Å²) in [4.78, 5) is 11.0. The molecule has 0 bridgehead atoms. The number of nitrogens with zero attached hydrogens (tertiary/aromatic N) is 1. The SMILES string of the molecule is O=C(O)Cn1c2ccccc2c2cc(I)ccc21. The number of para-hydroxylation sites is 1. The molecule has 0 unspecified atom stereocenters. The second kappa shape index (κ2) is 4.28. The zero-order chi connectivity index (χ0) is 12.7. The summed E-state index contributed by atoms with van der Waals surface area (Å²) < 4.78 is 3.00. The van der Waals surface area contributed by atoms with E-state index in [1.165, 1.54) is 0 Å². The van der Waals surface area contributed by atoms with Crippen LogP contribution in [-0.4, -0.2) is 15.6 Å². The van der Waals surface area contributed by atoms with Gasteiger partial charge in [0.15, 0.2) is 0 Å². The Kier molecular flexibility index (Phi) is 2.74. The topological polar surface area (TPSA) is 42.2 Å². The van der Waals surface area contributed by atoms with Gasteiger partial charge in [-0.05, 0) is 46.9 Å². The zero-order valence-corrected chi connectivity index (χ0v) is 11.6. The van der Waals surface area contributed by atoms with Crippen molar-refractivity contribution in [1.29, 1.82) is 0 Å². The molecule has 0 spiro atoms. The van der Waals surface area contributed by atoms with Gasteiger partial charge in [0, 0.05) is 25.4 Å². The Morgan fingerprint density at radius 2 is 1.83 bits per heavy atom. The average molecular weight is 351 g/mol. The number of carboxylic acid groups (broad SMARTS) is 1. The molecule has 4 heteroatoms. The second-order valence-electron chi connectivity index (χ2n) is 4.16. The van der Waals surface area contributed by atoms with Gasteiger partial charge in [0.05, 0.1) is 0 Å². The molecule has 2 aromatic carbocycles. The number of benzene rings is 2. The molecule has 0 aliphatic carbocycles. The first-order valence-corrected chi connectivity index (χ1v) is 6.63. The van der Waals surface area contributed by atoms with Crippen LogP contribution in [0.2, 0.25) is 0 Å². The number of fused-ring (bicyclic) bond motifs is 3. The molecule has 0 amide bonds. The van der Waals surface area contributed by atoms with Crippen LogP contribution in [-0.2, 0) is 11.3 Å². The van der Waals surface area contributed by atoms with Gasteiger partial charge in [-0.25, -0.2) is 0 Å². The lowest BCUT2D eigenvalue weighted by Gasteiger charge is -2.03. The number of hydrogen-bond donors (Lipinski definition) is 1. The van der Waals surface area contributed by atoms with E-state index in [4.69, 9.17) is 5.11 Å². The molecule has 0 aliphatic rings. The molecule has 1 heterocycles. The van der Waals surface area contributed by atoms with Gasteiger partial charge in [-0.15, -0.1) is 0 Å². The van der Waals surface area contributed by atoms with Gasteiger partial charge >= 0.3 is 5.97 Å². The molecule has 3 nitrogen and oxygen atoms in total. The summed E-state index contributed by atoms with van der Waals surface area (Å²) in [7, 11) is 0. The Morgan fingerprint density at radius 3 is 2.61 bits per heavy atom. The zero-order valence-electron chi connectivity index (χ0n) is 9.43. The molecule has 0 saturated carbocycles. The van der Waals surface area contributed by atoms with Gasteiger partial charge in [0.1, 0.15) is 6.54 Å². The minimum atomic E-state index is -0.823. The fourth-order valence-corrected chi connectivity index (χ4v) is 2.82. The summed E-state index contributed by atoms with van der Waals surface area (Å²) in [5.74, 6) is -0.823. The van der Waals surface area contributed by atoms with E-state index >= 15 is 0 Å². The minimum Gasteiger partial charge on any atom is -0.480 e. The summed E-state index contributed by atoms with van der Waals surface area (Å²) in [6.45, 7) is -0.00932. The van der Waals surface area contributed by atoms with Crippen molar-refractivity contribution < 1.29 is 9.90 Å². The van der Waals surface area contributed by atoms with Crippen LogP contribution in [0, 0.1) is 3.57 Å². The van der Waals surface area contributed by atoms with Crippen LogP contribution in [0.1, 0.15) is 0 Å². The van der Waals surface area contributed by atoms with Crippen LogP contribution in [0.4, 0.5) is 0 Å². The van der Waals surface area contributed by atoms with Gasteiger partial charge in [-0.1, -0.05) is 18.2 Å². The molecule has 0 atom stereocenters. The number of carbonyl (C=O) groups is 1. The number of hydrogen-bond acceptors (Lipinski definition) is 1. The lowest BCUT2D eigenvalue weighted by molar-refractivity contribution is -0.137. The summed E-state index contributed by atoms with van der Waals surface area (Å²) >= 11 is 2.27. The van der Waals surface area contributed by atoms with E-state index in [1.807, 2.05) is 41.0 Å². The Balaban J connectivity index is 2.45. The summed E-state index contributed by atoms with van der Waals surface area (Å²) in [5.41, 5.74) is 1.94. The molecule has 18 heavy (non-hydrogen) atoms. The molecule has 0 fully saturated rings. The van der Waals surface area contributed by atoms with Crippen LogP contribution in [0.3, 0.4) is 0 Å².